The summed E-state index contributed by atoms with van der Waals surface area (Å²) in [4.78, 5) is 12.7. The van der Waals surface area contributed by atoms with Crippen molar-refractivity contribution in [3.63, 3.8) is 0 Å². The SMILES string of the molecule is CCc1ccc(-c2nn(-c3ccccc3)cc2C(=O)NC(C)CO)cc1. The Balaban J connectivity index is 2.04. The Bertz CT molecular complexity index is 870. The fourth-order valence-corrected chi connectivity index (χ4v) is 2.71. The van der Waals surface area contributed by atoms with Crippen LogP contribution in [0.3, 0.4) is 0 Å². The van der Waals surface area contributed by atoms with Gasteiger partial charge >= 0.3 is 0 Å². The van der Waals surface area contributed by atoms with Gasteiger partial charge in [-0.05, 0) is 31.0 Å². The van der Waals surface area contributed by atoms with Crippen molar-refractivity contribution < 1.29 is 9.90 Å². The molecule has 2 aromatic carbocycles. The summed E-state index contributed by atoms with van der Waals surface area (Å²) in [6.07, 6.45) is 2.69. The van der Waals surface area contributed by atoms with Gasteiger partial charge in [0.15, 0.2) is 0 Å². The van der Waals surface area contributed by atoms with E-state index in [1.165, 1.54) is 5.56 Å². The first-order valence-corrected chi connectivity index (χ1v) is 8.78. The van der Waals surface area contributed by atoms with Crippen molar-refractivity contribution in [3.8, 4) is 16.9 Å². The van der Waals surface area contributed by atoms with Crippen molar-refractivity contribution in [1.29, 1.82) is 0 Å². The Hall–Kier alpha value is -2.92. The highest BCUT2D eigenvalue weighted by Crippen LogP contribution is 2.24. The zero-order valence-corrected chi connectivity index (χ0v) is 15.0. The first-order valence-electron chi connectivity index (χ1n) is 8.78. The van der Waals surface area contributed by atoms with Crippen LogP contribution in [0, 0.1) is 0 Å². The van der Waals surface area contributed by atoms with Crippen molar-refractivity contribution in [3.05, 3.63) is 71.9 Å². The molecule has 0 aliphatic rings. The molecule has 0 radical (unpaired) electrons. The van der Waals surface area contributed by atoms with Crippen molar-refractivity contribution in [2.75, 3.05) is 6.61 Å². The molecule has 0 fully saturated rings. The predicted molar refractivity (Wildman–Crippen MR) is 102 cm³/mol. The van der Waals surface area contributed by atoms with E-state index < -0.39 is 0 Å². The van der Waals surface area contributed by atoms with Crippen LogP contribution in [0.4, 0.5) is 0 Å². The predicted octanol–water partition coefficient (Wildman–Crippen LogP) is 3.21. The van der Waals surface area contributed by atoms with Crippen LogP contribution < -0.4 is 5.32 Å². The fourth-order valence-electron chi connectivity index (χ4n) is 2.71. The van der Waals surface area contributed by atoms with Crippen LogP contribution in [-0.4, -0.2) is 33.4 Å². The van der Waals surface area contributed by atoms with E-state index in [2.05, 4.69) is 29.5 Å². The van der Waals surface area contributed by atoms with E-state index in [0.717, 1.165) is 17.7 Å². The van der Waals surface area contributed by atoms with Gasteiger partial charge in [0, 0.05) is 17.8 Å². The smallest absolute Gasteiger partial charge is 0.255 e. The van der Waals surface area contributed by atoms with Crippen molar-refractivity contribution >= 4 is 5.91 Å². The van der Waals surface area contributed by atoms with Gasteiger partial charge < -0.3 is 10.4 Å². The molecule has 3 aromatic rings. The van der Waals surface area contributed by atoms with E-state index in [4.69, 9.17) is 0 Å². The number of carbonyl (C=O) groups is 1. The van der Waals surface area contributed by atoms with Crippen molar-refractivity contribution in [1.82, 2.24) is 15.1 Å². The lowest BCUT2D eigenvalue weighted by molar-refractivity contribution is 0.0923. The average Bonchev–Trinajstić information content (AvgIpc) is 3.14. The minimum absolute atomic E-state index is 0.112. The highest BCUT2D eigenvalue weighted by Gasteiger charge is 2.19. The van der Waals surface area contributed by atoms with Crippen LogP contribution in [-0.2, 0) is 6.42 Å². The Kier molecular flexibility index (Phi) is 5.49. The van der Waals surface area contributed by atoms with Gasteiger partial charge in [0.05, 0.1) is 17.9 Å². The molecule has 0 saturated carbocycles. The van der Waals surface area contributed by atoms with Gasteiger partial charge in [0.1, 0.15) is 5.69 Å². The first kappa shape index (κ1) is 17.9. The lowest BCUT2D eigenvalue weighted by Gasteiger charge is -2.10. The van der Waals surface area contributed by atoms with Gasteiger partial charge in [-0.3, -0.25) is 4.79 Å². The lowest BCUT2D eigenvalue weighted by Crippen LogP contribution is -2.35. The maximum absolute atomic E-state index is 12.7. The molecule has 0 spiro atoms. The van der Waals surface area contributed by atoms with Crippen molar-refractivity contribution in [2.24, 2.45) is 0 Å². The molecule has 0 bridgehead atoms. The van der Waals surface area contributed by atoms with Gasteiger partial charge in [-0.2, -0.15) is 5.10 Å². The van der Waals surface area contributed by atoms with E-state index in [-0.39, 0.29) is 18.6 Å². The maximum Gasteiger partial charge on any atom is 0.255 e. The molecule has 5 nitrogen and oxygen atoms in total. The molecule has 134 valence electrons. The summed E-state index contributed by atoms with van der Waals surface area (Å²) in [7, 11) is 0. The Morgan fingerprint density at radius 1 is 1.15 bits per heavy atom. The number of amides is 1. The third kappa shape index (κ3) is 3.83. The standard InChI is InChI=1S/C21H23N3O2/c1-3-16-9-11-17(12-10-16)20-19(21(26)22-15(2)14-25)13-24(23-20)18-7-5-4-6-8-18/h4-13,15,25H,3,14H2,1-2H3,(H,22,26). The molecule has 1 aromatic heterocycles. The number of nitrogens with one attached hydrogen (secondary N) is 1. The lowest BCUT2D eigenvalue weighted by atomic mass is 10.0. The number of nitrogens with zero attached hydrogens (tertiary/aromatic N) is 2. The monoisotopic (exact) mass is 349 g/mol. The molecule has 3 rings (SSSR count). The number of aromatic nitrogens is 2. The second-order valence-corrected chi connectivity index (χ2v) is 6.28. The second kappa shape index (κ2) is 7.97. The zero-order chi connectivity index (χ0) is 18.5. The van der Waals surface area contributed by atoms with Gasteiger partial charge in [-0.15, -0.1) is 0 Å². The van der Waals surface area contributed by atoms with Crippen LogP contribution in [0.2, 0.25) is 0 Å². The minimum atomic E-state index is -0.321. The molecule has 0 saturated heterocycles. The second-order valence-electron chi connectivity index (χ2n) is 6.28. The molecule has 26 heavy (non-hydrogen) atoms. The van der Waals surface area contributed by atoms with Gasteiger partial charge in [-0.25, -0.2) is 4.68 Å². The number of para-hydroxylation sites is 1. The highest BCUT2D eigenvalue weighted by molar-refractivity contribution is 6.00. The third-order valence-electron chi connectivity index (χ3n) is 4.27. The summed E-state index contributed by atoms with van der Waals surface area (Å²) in [6.45, 7) is 3.75. The number of hydrogen-bond acceptors (Lipinski definition) is 3. The normalized spacial score (nSPS) is 12.0. The summed E-state index contributed by atoms with van der Waals surface area (Å²) in [6, 6.07) is 17.4. The number of rotatable bonds is 6. The number of aryl methyl sites for hydroxylation is 1. The molecule has 0 aliphatic heterocycles. The zero-order valence-electron chi connectivity index (χ0n) is 15.0. The van der Waals surface area contributed by atoms with E-state index in [9.17, 15) is 9.90 Å². The Morgan fingerprint density at radius 2 is 1.85 bits per heavy atom. The van der Waals surface area contributed by atoms with Crippen LogP contribution in [0.5, 0.6) is 0 Å². The van der Waals surface area contributed by atoms with Crippen LogP contribution >= 0.6 is 0 Å². The van der Waals surface area contributed by atoms with E-state index in [1.807, 2.05) is 42.5 Å². The Morgan fingerprint density at radius 3 is 2.46 bits per heavy atom. The summed E-state index contributed by atoms with van der Waals surface area (Å²) in [5, 5.41) is 16.7. The number of benzene rings is 2. The number of aliphatic hydroxyl groups is 1. The summed E-state index contributed by atoms with van der Waals surface area (Å²) in [5.74, 6) is -0.247. The van der Waals surface area contributed by atoms with Gasteiger partial charge in [-0.1, -0.05) is 49.4 Å². The molecule has 1 amide bonds. The molecule has 1 unspecified atom stereocenters. The fraction of sp³-hybridized carbons (Fsp3) is 0.238. The van der Waals surface area contributed by atoms with E-state index in [1.54, 1.807) is 17.8 Å². The highest BCUT2D eigenvalue weighted by atomic mass is 16.3. The third-order valence-corrected chi connectivity index (χ3v) is 4.27. The van der Waals surface area contributed by atoms with E-state index >= 15 is 0 Å². The number of hydrogen-bond donors (Lipinski definition) is 2. The quantitative estimate of drug-likeness (QED) is 0.718. The molecular formula is C21H23N3O2. The van der Waals surface area contributed by atoms with E-state index in [0.29, 0.717) is 11.3 Å². The topological polar surface area (TPSA) is 67.2 Å². The molecule has 0 aliphatic carbocycles. The molecule has 2 N–H and O–H groups in total. The van der Waals surface area contributed by atoms with Crippen LogP contribution in [0.1, 0.15) is 29.8 Å². The van der Waals surface area contributed by atoms with Crippen LogP contribution in [0.15, 0.2) is 60.8 Å². The van der Waals surface area contributed by atoms with Crippen LogP contribution in [0.25, 0.3) is 16.9 Å². The molecular weight excluding hydrogens is 326 g/mol. The van der Waals surface area contributed by atoms with Crippen molar-refractivity contribution in [2.45, 2.75) is 26.3 Å². The molecule has 1 heterocycles. The summed E-state index contributed by atoms with van der Waals surface area (Å²) in [5.41, 5.74) is 4.11. The molecule has 5 heteroatoms. The van der Waals surface area contributed by atoms with Gasteiger partial charge in [0.25, 0.3) is 5.91 Å². The first-order chi connectivity index (χ1) is 12.6. The maximum atomic E-state index is 12.7. The Labute approximate surface area is 153 Å². The average molecular weight is 349 g/mol. The summed E-state index contributed by atoms with van der Waals surface area (Å²) < 4.78 is 1.71. The minimum Gasteiger partial charge on any atom is -0.394 e. The summed E-state index contributed by atoms with van der Waals surface area (Å²) >= 11 is 0. The number of aliphatic hydroxyl groups excluding tert-OH is 1. The number of carbonyl (C=O) groups excluding carboxylic acids is 1. The van der Waals surface area contributed by atoms with Gasteiger partial charge in [0.2, 0.25) is 0 Å². The largest absolute Gasteiger partial charge is 0.394 e. The molecule has 1 atom stereocenters.